The molecule has 5 nitrogen and oxygen atoms in total. The van der Waals surface area contributed by atoms with Crippen molar-refractivity contribution in [1.82, 2.24) is 9.29 Å². The molecule has 1 fully saturated rings. The van der Waals surface area contributed by atoms with Crippen molar-refractivity contribution in [2.24, 2.45) is 0 Å². The van der Waals surface area contributed by atoms with Crippen molar-refractivity contribution in [3.8, 4) is 0 Å². The summed E-state index contributed by atoms with van der Waals surface area (Å²) in [6.07, 6.45) is 4.95. The zero-order valence-electron chi connectivity index (χ0n) is 10.8. The van der Waals surface area contributed by atoms with Crippen LogP contribution in [0.5, 0.6) is 0 Å². The van der Waals surface area contributed by atoms with E-state index in [9.17, 15) is 8.42 Å². The molecule has 106 valence electrons. The molecule has 1 aromatic heterocycles. The maximum Gasteiger partial charge on any atom is 0.244 e. The Labute approximate surface area is 118 Å². The Hall–Kier alpha value is -0.850. The van der Waals surface area contributed by atoms with Gasteiger partial charge in [-0.15, -0.1) is 0 Å². The number of nitrogen functional groups attached to an aromatic ring is 1. The second-order valence-electron chi connectivity index (χ2n) is 4.74. The lowest BCUT2D eigenvalue weighted by Gasteiger charge is -2.21. The van der Waals surface area contributed by atoms with Crippen molar-refractivity contribution >= 4 is 27.4 Å². The molecule has 19 heavy (non-hydrogen) atoms. The number of aromatic nitrogens is 1. The molecule has 2 N–H and O–H groups in total. The third kappa shape index (κ3) is 3.19. The highest BCUT2D eigenvalue weighted by Crippen LogP contribution is 2.33. The number of pyridine rings is 1. The lowest BCUT2D eigenvalue weighted by atomic mass is 10.3. The molecule has 0 spiro atoms. The number of unbranched alkanes of at least 4 members (excludes halogenated alkanes) is 1. The number of nitrogens with zero attached hydrogens (tertiary/aromatic N) is 2. The predicted octanol–water partition coefficient (Wildman–Crippen LogP) is 2.27. The fraction of sp³-hybridized carbons (Fsp3) is 0.583. The summed E-state index contributed by atoms with van der Waals surface area (Å²) < 4.78 is 26.7. The van der Waals surface area contributed by atoms with Gasteiger partial charge in [0.05, 0.1) is 5.02 Å². The van der Waals surface area contributed by atoms with Crippen molar-refractivity contribution in [2.75, 3.05) is 12.3 Å². The Balaban J connectivity index is 2.30. The Bertz CT molecular complexity index is 558. The van der Waals surface area contributed by atoms with E-state index in [-0.39, 0.29) is 21.8 Å². The zero-order chi connectivity index (χ0) is 14.0. The first kappa shape index (κ1) is 14.6. The number of anilines is 1. The van der Waals surface area contributed by atoms with E-state index in [1.165, 1.54) is 12.3 Å². The largest absolute Gasteiger partial charge is 0.382 e. The summed E-state index contributed by atoms with van der Waals surface area (Å²) in [7, 11) is -3.52. The van der Waals surface area contributed by atoms with E-state index in [1.807, 2.05) is 6.92 Å². The van der Waals surface area contributed by atoms with Crippen molar-refractivity contribution < 1.29 is 8.42 Å². The average Bonchev–Trinajstić information content (AvgIpc) is 3.17. The molecule has 0 aliphatic heterocycles. The summed E-state index contributed by atoms with van der Waals surface area (Å²) in [6.45, 7) is 2.59. The van der Waals surface area contributed by atoms with Crippen LogP contribution in [-0.2, 0) is 10.0 Å². The van der Waals surface area contributed by atoms with Crippen LogP contribution in [0.2, 0.25) is 5.02 Å². The van der Waals surface area contributed by atoms with E-state index >= 15 is 0 Å². The highest BCUT2D eigenvalue weighted by atomic mass is 35.5. The summed E-state index contributed by atoms with van der Waals surface area (Å²) in [5, 5.41) is 0.173. The van der Waals surface area contributed by atoms with Gasteiger partial charge in [0.15, 0.2) is 0 Å². The molecule has 1 aromatic rings. The number of sulfonamides is 1. The normalized spacial score (nSPS) is 15.9. The lowest BCUT2D eigenvalue weighted by Crippen LogP contribution is -2.34. The molecule has 1 heterocycles. The summed E-state index contributed by atoms with van der Waals surface area (Å²) in [5.74, 6) is 0.146. The molecular formula is C12H18ClN3O2S. The minimum atomic E-state index is -3.52. The Morgan fingerprint density at radius 1 is 1.53 bits per heavy atom. The summed E-state index contributed by atoms with van der Waals surface area (Å²) in [6, 6.07) is 1.51. The van der Waals surface area contributed by atoms with Crippen LogP contribution < -0.4 is 5.73 Å². The Morgan fingerprint density at radius 2 is 2.21 bits per heavy atom. The van der Waals surface area contributed by atoms with Crippen LogP contribution in [0.3, 0.4) is 0 Å². The van der Waals surface area contributed by atoms with Gasteiger partial charge < -0.3 is 5.73 Å². The highest BCUT2D eigenvalue weighted by molar-refractivity contribution is 7.89. The third-order valence-electron chi connectivity index (χ3n) is 3.14. The number of hydrogen-bond acceptors (Lipinski definition) is 4. The van der Waals surface area contributed by atoms with E-state index in [4.69, 9.17) is 17.3 Å². The van der Waals surface area contributed by atoms with Crippen molar-refractivity contribution in [1.29, 1.82) is 0 Å². The van der Waals surface area contributed by atoms with E-state index in [2.05, 4.69) is 4.98 Å². The minimum Gasteiger partial charge on any atom is -0.382 e. The fourth-order valence-corrected chi connectivity index (χ4v) is 3.81. The van der Waals surface area contributed by atoms with Crippen molar-refractivity contribution in [3.05, 3.63) is 17.3 Å². The van der Waals surface area contributed by atoms with Gasteiger partial charge in [0.1, 0.15) is 10.7 Å². The van der Waals surface area contributed by atoms with Crippen molar-refractivity contribution in [2.45, 2.75) is 43.5 Å². The smallest absolute Gasteiger partial charge is 0.244 e. The molecule has 1 aliphatic rings. The van der Waals surface area contributed by atoms with E-state index in [0.717, 1.165) is 25.7 Å². The molecule has 0 radical (unpaired) electrons. The predicted molar refractivity (Wildman–Crippen MR) is 75.5 cm³/mol. The van der Waals surface area contributed by atoms with Gasteiger partial charge in [0.2, 0.25) is 10.0 Å². The first-order valence-electron chi connectivity index (χ1n) is 6.39. The summed E-state index contributed by atoms with van der Waals surface area (Å²) in [5.41, 5.74) is 5.51. The number of hydrogen-bond donors (Lipinski definition) is 1. The van der Waals surface area contributed by atoms with Crippen LogP contribution in [0.15, 0.2) is 17.2 Å². The Morgan fingerprint density at radius 3 is 2.74 bits per heavy atom. The van der Waals surface area contributed by atoms with Gasteiger partial charge in [0.25, 0.3) is 0 Å². The van der Waals surface area contributed by atoms with Crippen LogP contribution >= 0.6 is 11.6 Å². The summed E-state index contributed by atoms with van der Waals surface area (Å²) in [4.78, 5) is 3.95. The van der Waals surface area contributed by atoms with Crippen molar-refractivity contribution in [3.63, 3.8) is 0 Å². The van der Waals surface area contributed by atoms with Gasteiger partial charge in [-0.2, -0.15) is 4.31 Å². The van der Waals surface area contributed by atoms with E-state index < -0.39 is 10.0 Å². The number of rotatable bonds is 6. The summed E-state index contributed by atoms with van der Waals surface area (Å²) >= 11 is 5.85. The molecular weight excluding hydrogens is 286 g/mol. The maximum atomic E-state index is 12.6. The van der Waals surface area contributed by atoms with Gasteiger partial charge in [-0.25, -0.2) is 13.4 Å². The standard InChI is InChI=1S/C12H18ClN3O2S/c1-2-3-6-16(9-4-5-9)19(17,18)10-7-11(13)12(14)15-8-10/h7-9H,2-6H2,1H3,(H2,14,15). The topological polar surface area (TPSA) is 76.3 Å². The van der Waals surface area contributed by atoms with Crippen LogP contribution in [0.1, 0.15) is 32.6 Å². The average molecular weight is 304 g/mol. The molecule has 0 saturated heterocycles. The van der Waals surface area contributed by atoms with Gasteiger partial charge in [0, 0.05) is 18.8 Å². The molecule has 1 aliphatic carbocycles. The third-order valence-corrected chi connectivity index (χ3v) is 5.36. The van der Waals surface area contributed by atoms with Crippen LogP contribution in [0.4, 0.5) is 5.82 Å². The van der Waals surface area contributed by atoms with E-state index in [1.54, 1.807) is 4.31 Å². The van der Waals surface area contributed by atoms with E-state index in [0.29, 0.717) is 6.54 Å². The van der Waals surface area contributed by atoms with Crippen LogP contribution in [-0.4, -0.2) is 30.3 Å². The van der Waals surface area contributed by atoms with Crippen LogP contribution in [0, 0.1) is 0 Å². The lowest BCUT2D eigenvalue weighted by molar-refractivity contribution is 0.395. The van der Waals surface area contributed by atoms with Gasteiger partial charge in [-0.3, -0.25) is 0 Å². The SMILES string of the molecule is CCCCN(C1CC1)S(=O)(=O)c1cnc(N)c(Cl)c1. The first-order valence-corrected chi connectivity index (χ1v) is 8.21. The molecule has 0 atom stereocenters. The number of nitrogens with two attached hydrogens (primary N) is 1. The second-order valence-corrected chi connectivity index (χ2v) is 7.04. The molecule has 0 aromatic carbocycles. The molecule has 7 heteroatoms. The van der Waals surface area contributed by atoms with Gasteiger partial charge >= 0.3 is 0 Å². The van der Waals surface area contributed by atoms with Crippen LogP contribution in [0.25, 0.3) is 0 Å². The fourth-order valence-electron chi connectivity index (χ4n) is 1.88. The van der Waals surface area contributed by atoms with Gasteiger partial charge in [-0.1, -0.05) is 24.9 Å². The zero-order valence-corrected chi connectivity index (χ0v) is 12.4. The Kier molecular flexibility index (Phi) is 4.32. The molecule has 0 unspecified atom stereocenters. The maximum absolute atomic E-state index is 12.6. The molecule has 0 bridgehead atoms. The first-order chi connectivity index (χ1) is 8.96. The van der Waals surface area contributed by atoms with Gasteiger partial charge in [-0.05, 0) is 25.3 Å². The minimum absolute atomic E-state index is 0.120. The molecule has 1 saturated carbocycles. The number of halogens is 1. The second kappa shape index (κ2) is 5.64. The monoisotopic (exact) mass is 303 g/mol. The highest BCUT2D eigenvalue weighted by Gasteiger charge is 2.37. The quantitative estimate of drug-likeness (QED) is 0.874. The molecule has 0 amide bonds. The molecule has 2 rings (SSSR count).